The highest BCUT2D eigenvalue weighted by atomic mass is 35.5. The highest BCUT2D eigenvalue weighted by Gasteiger charge is 2.31. The van der Waals surface area contributed by atoms with E-state index < -0.39 is 10.0 Å². The molecular formula is C21H17ClN4O4S2. The van der Waals surface area contributed by atoms with Crippen LogP contribution in [0, 0.1) is 0 Å². The van der Waals surface area contributed by atoms with Crippen molar-refractivity contribution in [3.05, 3.63) is 59.2 Å². The van der Waals surface area contributed by atoms with Crippen molar-refractivity contribution in [1.82, 2.24) is 18.0 Å². The molecule has 5 rings (SSSR count). The predicted molar refractivity (Wildman–Crippen MR) is 122 cm³/mol. The molecule has 0 amide bonds. The fraction of sp³-hybridized carbons (Fsp3) is 0.190. The molecule has 0 bridgehead atoms. The van der Waals surface area contributed by atoms with E-state index in [2.05, 4.69) is 13.7 Å². The fourth-order valence-corrected chi connectivity index (χ4v) is 5.91. The average molecular weight is 489 g/mol. The summed E-state index contributed by atoms with van der Waals surface area (Å²) in [5.41, 5.74) is 3.07. The first kappa shape index (κ1) is 21.1. The lowest BCUT2D eigenvalue weighted by atomic mass is 10.1. The van der Waals surface area contributed by atoms with E-state index in [0.717, 1.165) is 17.3 Å². The second-order valence-corrected chi connectivity index (χ2v) is 9.97. The zero-order valence-electron chi connectivity index (χ0n) is 16.9. The van der Waals surface area contributed by atoms with Crippen LogP contribution in [0.15, 0.2) is 53.6 Å². The Bertz CT molecular complexity index is 1410. The second kappa shape index (κ2) is 8.28. The predicted octanol–water partition coefficient (Wildman–Crippen LogP) is 4.00. The molecule has 1 aliphatic heterocycles. The van der Waals surface area contributed by atoms with Crippen molar-refractivity contribution in [2.45, 2.75) is 11.4 Å². The number of benzene rings is 2. The molecule has 0 atom stereocenters. The van der Waals surface area contributed by atoms with Crippen molar-refractivity contribution < 1.29 is 17.9 Å². The molecule has 0 unspecified atom stereocenters. The largest absolute Gasteiger partial charge is 0.493 e. The molecule has 1 aliphatic rings. The third-order valence-electron chi connectivity index (χ3n) is 5.18. The van der Waals surface area contributed by atoms with E-state index in [1.165, 1.54) is 4.31 Å². The van der Waals surface area contributed by atoms with E-state index in [0.29, 0.717) is 38.8 Å². The van der Waals surface area contributed by atoms with Gasteiger partial charge in [-0.1, -0.05) is 17.7 Å². The Labute approximate surface area is 193 Å². The number of sulfonamides is 1. The second-order valence-electron chi connectivity index (χ2n) is 7.10. The number of nitrogens with zero attached hydrogens (tertiary/aromatic N) is 4. The maximum atomic E-state index is 13.6. The zero-order chi connectivity index (χ0) is 22.3. The number of pyridine rings is 1. The topological polar surface area (TPSA) is 94.5 Å². The SMILES string of the molecule is COc1cc(-c2ccc(Cl)cn2)cc2c1OCCN(S(=O)(=O)c1cccc3nsnc13)C2. The number of halogens is 1. The molecule has 0 aliphatic carbocycles. The van der Waals surface area contributed by atoms with Gasteiger partial charge in [0.05, 0.1) is 29.6 Å². The summed E-state index contributed by atoms with van der Waals surface area (Å²) in [6.07, 6.45) is 1.56. The highest BCUT2D eigenvalue weighted by molar-refractivity contribution is 7.89. The molecular weight excluding hydrogens is 472 g/mol. The number of fused-ring (bicyclic) bond motifs is 2. The Morgan fingerprint density at radius 2 is 2.06 bits per heavy atom. The summed E-state index contributed by atoms with van der Waals surface area (Å²) in [6, 6.07) is 12.2. The molecule has 0 N–H and O–H groups in total. The van der Waals surface area contributed by atoms with Crippen LogP contribution in [0.2, 0.25) is 5.02 Å². The number of hydrogen-bond acceptors (Lipinski definition) is 8. The van der Waals surface area contributed by atoms with Gasteiger partial charge in [0, 0.05) is 30.4 Å². The standard InChI is InChI=1S/C21H17ClN4O4S2/c1-29-18-10-13(16-6-5-15(22)11-23-16)9-14-12-26(7-8-30-21(14)18)32(27,28)19-4-2-3-17-20(19)25-31-24-17/h2-6,9-11H,7-8,12H2,1H3. The van der Waals surface area contributed by atoms with Crippen molar-refractivity contribution >= 4 is 44.4 Å². The van der Waals surface area contributed by atoms with Crippen LogP contribution in [0.5, 0.6) is 11.5 Å². The van der Waals surface area contributed by atoms with E-state index in [9.17, 15) is 8.42 Å². The number of aromatic nitrogens is 3. The molecule has 2 aromatic carbocycles. The van der Waals surface area contributed by atoms with Crippen molar-refractivity contribution in [2.24, 2.45) is 0 Å². The Balaban J connectivity index is 1.58. The maximum Gasteiger partial charge on any atom is 0.245 e. The average Bonchev–Trinajstić information content (AvgIpc) is 3.17. The summed E-state index contributed by atoms with van der Waals surface area (Å²) in [6.45, 7) is 0.485. The first-order valence-corrected chi connectivity index (χ1v) is 12.2. The molecule has 0 saturated heterocycles. The summed E-state index contributed by atoms with van der Waals surface area (Å²) in [4.78, 5) is 4.50. The van der Waals surface area contributed by atoms with Crippen LogP contribution < -0.4 is 9.47 Å². The molecule has 11 heteroatoms. The number of rotatable bonds is 4. The number of hydrogen-bond donors (Lipinski definition) is 0. The number of methoxy groups -OCH3 is 1. The van der Waals surface area contributed by atoms with Crippen molar-refractivity contribution in [3.8, 4) is 22.8 Å². The summed E-state index contributed by atoms with van der Waals surface area (Å²) in [5.74, 6) is 1.04. The van der Waals surface area contributed by atoms with Gasteiger partial charge in [-0.05, 0) is 36.4 Å². The Hall–Kier alpha value is -2.79. The van der Waals surface area contributed by atoms with Crippen LogP contribution in [0.1, 0.15) is 5.56 Å². The van der Waals surface area contributed by atoms with Crippen molar-refractivity contribution in [3.63, 3.8) is 0 Å². The van der Waals surface area contributed by atoms with E-state index in [1.807, 2.05) is 12.1 Å². The minimum Gasteiger partial charge on any atom is -0.493 e. The quantitative estimate of drug-likeness (QED) is 0.428. The van der Waals surface area contributed by atoms with E-state index in [4.69, 9.17) is 21.1 Å². The molecule has 0 spiro atoms. The highest BCUT2D eigenvalue weighted by Crippen LogP contribution is 2.39. The van der Waals surface area contributed by atoms with Crippen LogP contribution >= 0.6 is 23.3 Å². The minimum absolute atomic E-state index is 0.114. The van der Waals surface area contributed by atoms with Crippen LogP contribution in [-0.4, -0.2) is 46.7 Å². The summed E-state index contributed by atoms with van der Waals surface area (Å²) < 4.78 is 48.3. The summed E-state index contributed by atoms with van der Waals surface area (Å²) in [5, 5.41) is 0.529. The van der Waals surface area contributed by atoms with Gasteiger partial charge in [-0.2, -0.15) is 13.1 Å². The summed E-state index contributed by atoms with van der Waals surface area (Å²) >= 11 is 6.95. The number of ether oxygens (including phenoxy) is 2. The van der Waals surface area contributed by atoms with E-state index in [1.54, 1.807) is 43.6 Å². The van der Waals surface area contributed by atoms with Crippen LogP contribution in [0.25, 0.3) is 22.3 Å². The molecule has 0 radical (unpaired) electrons. The van der Waals surface area contributed by atoms with Crippen LogP contribution in [0.3, 0.4) is 0 Å². The molecule has 3 heterocycles. The first-order chi connectivity index (χ1) is 15.5. The molecule has 8 nitrogen and oxygen atoms in total. The third-order valence-corrected chi connectivity index (χ3v) is 7.82. The first-order valence-electron chi connectivity index (χ1n) is 9.64. The molecule has 32 heavy (non-hydrogen) atoms. The van der Waals surface area contributed by atoms with Crippen molar-refractivity contribution in [2.75, 3.05) is 20.3 Å². The molecule has 2 aromatic heterocycles. The normalized spacial score (nSPS) is 14.6. The van der Waals surface area contributed by atoms with Gasteiger partial charge in [0.2, 0.25) is 10.0 Å². The van der Waals surface area contributed by atoms with E-state index in [-0.39, 0.29) is 24.6 Å². The van der Waals surface area contributed by atoms with Gasteiger partial charge in [0.25, 0.3) is 0 Å². The Kier molecular flexibility index (Phi) is 5.46. The van der Waals surface area contributed by atoms with Gasteiger partial charge in [-0.25, -0.2) is 8.42 Å². The van der Waals surface area contributed by atoms with Gasteiger partial charge in [0.15, 0.2) is 11.5 Å². The van der Waals surface area contributed by atoms with Crippen LogP contribution in [-0.2, 0) is 16.6 Å². The van der Waals surface area contributed by atoms with Gasteiger partial charge >= 0.3 is 0 Å². The summed E-state index contributed by atoms with van der Waals surface area (Å²) in [7, 11) is -2.29. The van der Waals surface area contributed by atoms with Crippen LogP contribution in [0.4, 0.5) is 0 Å². The monoisotopic (exact) mass is 488 g/mol. The van der Waals surface area contributed by atoms with E-state index >= 15 is 0 Å². The Morgan fingerprint density at radius 1 is 1.19 bits per heavy atom. The molecule has 164 valence electrons. The fourth-order valence-electron chi connectivity index (χ4n) is 3.64. The molecule has 4 aromatic rings. The maximum absolute atomic E-state index is 13.6. The van der Waals surface area contributed by atoms with Gasteiger partial charge in [0.1, 0.15) is 22.5 Å². The van der Waals surface area contributed by atoms with Gasteiger partial charge < -0.3 is 9.47 Å². The van der Waals surface area contributed by atoms with Crippen molar-refractivity contribution in [1.29, 1.82) is 0 Å². The lowest BCUT2D eigenvalue weighted by Gasteiger charge is -2.20. The Morgan fingerprint density at radius 3 is 2.84 bits per heavy atom. The zero-order valence-corrected chi connectivity index (χ0v) is 19.2. The molecule has 0 saturated carbocycles. The smallest absolute Gasteiger partial charge is 0.245 e. The lowest BCUT2D eigenvalue weighted by molar-refractivity contribution is 0.279. The minimum atomic E-state index is -3.84. The molecule has 0 fully saturated rings. The van der Waals surface area contributed by atoms with Gasteiger partial charge in [-0.3, -0.25) is 4.98 Å². The third kappa shape index (κ3) is 3.69. The lowest BCUT2D eigenvalue weighted by Crippen LogP contribution is -2.32. The van der Waals surface area contributed by atoms with Gasteiger partial charge in [-0.15, -0.1) is 0 Å².